The summed E-state index contributed by atoms with van der Waals surface area (Å²) in [5.41, 5.74) is 3.01. The van der Waals surface area contributed by atoms with Gasteiger partial charge in [-0.25, -0.2) is 0 Å². The van der Waals surface area contributed by atoms with Crippen LogP contribution in [-0.2, 0) is 22.6 Å². The molecular weight excluding hydrogens is 316 g/mol. The van der Waals surface area contributed by atoms with Crippen LogP contribution >= 0.6 is 0 Å². The summed E-state index contributed by atoms with van der Waals surface area (Å²) in [6, 6.07) is 14.6. The fourth-order valence-corrected chi connectivity index (χ4v) is 2.99. The molecule has 0 spiro atoms. The highest BCUT2D eigenvalue weighted by Crippen LogP contribution is 2.26. The third-order valence-electron chi connectivity index (χ3n) is 4.56. The lowest BCUT2D eigenvalue weighted by molar-refractivity contribution is -0.126. The Balaban J connectivity index is 1.57. The summed E-state index contributed by atoms with van der Waals surface area (Å²) >= 11 is 0. The van der Waals surface area contributed by atoms with E-state index in [-0.39, 0.29) is 29.9 Å². The number of carbonyl (C=O) groups is 2. The zero-order chi connectivity index (χ0) is 17.8. The molecule has 0 aliphatic carbocycles. The van der Waals surface area contributed by atoms with Crippen LogP contribution in [0.3, 0.4) is 0 Å². The number of hydrogen-bond donors (Lipinski definition) is 2. The highest BCUT2D eigenvalue weighted by atomic mass is 16.3. The molecule has 2 aromatic rings. The summed E-state index contributed by atoms with van der Waals surface area (Å²) in [4.78, 5) is 26.2. The van der Waals surface area contributed by atoms with Crippen LogP contribution in [-0.4, -0.2) is 23.5 Å². The number of aromatic hydroxyl groups is 1. The zero-order valence-electron chi connectivity index (χ0n) is 14.2. The Kier molecular flexibility index (Phi) is 5.03. The van der Waals surface area contributed by atoms with Crippen molar-refractivity contribution >= 4 is 17.5 Å². The Morgan fingerprint density at radius 3 is 2.40 bits per heavy atom. The maximum atomic E-state index is 12.4. The first-order valence-corrected chi connectivity index (χ1v) is 8.51. The smallest absolute Gasteiger partial charge is 0.227 e. The Morgan fingerprint density at radius 2 is 1.76 bits per heavy atom. The van der Waals surface area contributed by atoms with Gasteiger partial charge in [-0.2, -0.15) is 0 Å². The monoisotopic (exact) mass is 338 g/mol. The molecule has 5 nitrogen and oxygen atoms in total. The highest BCUT2D eigenvalue weighted by Gasteiger charge is 2.34. The van der Waals surface area contributed by atoms with Gasteiger partial charge in [-0.3, -0.25) is 9.59 Å². The third-order valence-corrected chi connectivity index (χ3v) is 4.56. The van der Waals surface area contributed by atoms with E-state index in [4.69, 9.17) is 0 Å². The number of amides is 2. The molecule has 1 atom stereocenters. The number of nitrogens with one attached hydrogen (secondary N) is 1. The van der Waals surface area contributed by atoms with Gasteiger partial charge >= 0.3 is 0 Å². The minimum Gasteiger partial charge on any atom is -0.508 e. The van der Waals surface area contributed by atoms with Gasteiger partial charge in [0, 0.05) is 25.2 Å². The van der Waals surface area contributed by atoms with Crippen LogP contribution < -0.4 is 10.2 Å². The second-order valence-corrected chi connectivity index (χ2v) is 6.31. The van der Waals surface area contributed by atoms with Crippen molar-refractivity contribution < 1.29 is 14.7 Å². The molecule has 1 aliphatic rings. The van der Waals surface area contributed by atoms with Crippen molar-refractivity contribution in [3.05, 3.63) is 59.7 Å². The zero-order valence-corrected chi connectivity index (χ0v) is 14.2. The van der Waals surface area contributed by atoms with Crippen LogP contribution in [0.15, 0.2) is 48.5 Å². The number of nitrogens with zero attached hydrogens (tertiary/aromatic N) is 1. The first-order chi connectivity index (χ1) is 12.1. The third kappa shape index (κ3) is 3.99. The van der Waals surface area contributed by atoms with Gasteiger partial charge in [0.15, 0.2) is 0 Å². The highest BCUT2D eigenvalue weighted by molar-refractivity contribution is 6.00. The number of phenolic OH excluding ortho intramolecular Hbond substituents is 1. The number of anilines is 1. The van der Waals surface area contributed by atoms with Crippen LogP contribution in [0.5, 0.6) is 5.75 Å². The van der Waals surface area contributed by atoms with Gasteiger partial charge in [0.2, 0.25) is 11.8 Å². The van der Waals surface area contributed by atoms with Crippen molar-refractivity contribution in [2.45, 2.75) is 26.3 Å². The fraction of sp³-hybridized carbons (Fsp3) is 0.300. The predicted octanol–water partition coefficient (Wildman–Crippen LogP) is 2.62. The molecule has 0 bridgehead atoms. The Morgan fingerprint density at radius 1 is 1.12 bits per heavy atom. The molecule has 0 aromatic heterocycles. The van der Waals surface area contributed by atoms with Crippen LogP contribution in [0.2, 0.25) is 0 Å². The quantitative estimate of drug-likeness (QED) is 0.880. The molecule has 5 heteroatoms. The van der Waals surface area contributed by atoms with E-state index in [9.17, 15) is 14.7 Å². The molecule has 1 saturated heterocycles. The van der Waals surface area contributed by atoms with Gasteiger partial charge in [0.25, 0.3) is 0 Å². The van der Waals surface area contributed by atoms with Crippen molar-refractivity contribution in [1.82, 2.24) is 5.32 Å². The lowest BCUT2D eigenvalue weighted by Crippen LogP contribution is -2.32. The normalized spacial score (nSPS) is 16.9. The minimum atomic E-state index is -0.351. The molecule has 1 unspecified atom stereocenters. The van der Waals surface area contributed by atoms with Crippen molar-refractivity contribution in [3.63, 3.8) is 0 Å². The Hall–Kier alpha value is -2.82. The van der Waals surface area contributed by atoms with E-state index in [1.54, 1.807) is 17.0 Å². The van der Waals surface area contributed by atoms with Crippen molar-refractivity contribution in [2.24, 2.45) is 5.92 Å². The SMILES string of the molecule is CCc1ccc(CNC(=O)C2CC(=O)N(c3ccc(O)cc3)C2)cc1. The molecule has 0 radical (unpaired) electrons. The van der Waals surface area contributed by atoms with Crippen molar-refractivity contribution in [1.29, 1.82) is 0 Å². The standard InChI is InChI=1S/C20H22N2O3/c1-2-14-3-5-15(6-4-14)12-21-20(25)16-11-19(24)22(13-16)17-7-9-18(23)10-8-17/h3-10,16,23H,2,11-13H2,1H3,(H,21,25). The number of hydrogen-bond acceptors (Lipinski definition) is 3. The first kappa shape index (κ1) is 17.0. The molecule has 1 fully saturated rings. The van der Waals surface area contributed by atoms with E-state index in [1.165, 1.54) is 17.7 Å². The molecular formula is C20H22N2O3. The molecule has 25 heavy (non-hydrogen) atoms. The van der Waals surface area contributed by atoms with Crippen LogP contribution in [0.1, 0.15) is 24.5 Å². The summed E-state index contributed by atoms with van der Waals surface area (Å²) in [5, 5.41) is 12.3. The van der Waals surface area contributed by atoms with Gasteiger partial charge in [-0.1, -0.05) is 31.2 Å². The van der Waals surface area contributed by atoms with Gasteiger partial charge in [0.05, 0.1) is 5.92 Å². The second-order valence-electron chi connectivity index (χ2n) is 6.31. The maximum absolute atomic E-state index is 12.4. The van der Waals surface area contributed by atoms with Crippen molar-refractivity contribution in [3.8, 4) is 5.75 Å². The van der Waals surface area contributed by atoms with E-state index < -0.39 is 0 Å². The van der Waals surface area contributed by atoms with E-state index in [2.05, 4.69) is 24.4 Å². The molecule has 3 rings (SSSR count). The number of rotatable bonds is 5. The number of carbonyl (C=O) groups excluding carboxylic acids is 2. The lowest BCUT2D eigenvalue weighted by Gasteiger charge is -2.16. The largest absolute Gasteiger partial charge is 0.508 e. The van der Waals surface area contributed by atoms with E-state index in [1.807, 2.05) is 12.1 Å². The van der Waals surface area contributed by atoms with E-state index >= 15 is 0 Å². The summed E-state index contributed by atoms with van der Waals surface area (Å²) < 4.78 is 0. The summed E-state index contributed by atoms with van der Waals surface area (Å²) in [5.74, 6) is -0.373. The van der Waals surface area contributed by atoms with E-state index in [0.717, 1.165) is 12.0 Å². The number of benzene rings is 2. The van der Waals surface area contributed by atoms with Crippen LogP contribution in [0.25, 0.3) is 0 Å². The summed E-state index contributed by atoms with van der Waals surface area (Å²) in [6.07, 6.45) is 1.20. The van der Waals surface area contributed by atoms with Gasteiger partial charge in [-0.05, 0) is 41.8 Å². The lowest BCUT2D eigenvalue weighted by atomic mass is 10.1. The molecule has 2 N–H and O–H groups in total. The van der Waals surface area contributed by atoms with E-state index in [0.29, 0.717) is 18.8 Å². The average Bonchev–Trinajstić information content (AvgIpc) is 3.02. The Labute approximate surface area is 147 Å². The number of phenols is 1. The first-order valence-electron chi connectivity index (χ1n) is 8.51. The van der Waals surface area contributed by atoms with Gasteiger partial charge < -0.3 is 15.3 Å². The second kappa shape index (κ2) is 7.38. The van der Waals surface area contributed by atoms with Gasteiger partial charge in [0.1, 0.15) is 5.75 Å². The maximum Gasteiger partial charge on any atom is 0.227 e. The fourth-order valence-electron chi connectivity index (χ4n) is 2.99. The number of aryl methyl sites for hydroxylation is 1. The molecule has 1 aliphatic heterocycles. The van der Waals surface area contributed by atoms with Crippen molar-refractivity contribution in [2.75, 3.05) is 11.4 Å². The minimum absolute atomic E-state index is 0.0712. The van der Waals surface area contributed by atoms with Crippen LogP contribution in [0, 0.1) is 5.92 Å². The topological polar surface area (TPSA) is 69.6 Å². The average molecular weight is 338 g/mol. The molecule has 1 heterocycles. The van der Waals surface area contributed by atoms with Gasteiger partial charge in [-0.15, -0.1) is 0 Å². The summed E-state index contributed by atoms with van der Waals surface area (Å²) in [6.45, 7) is 2.94. The molecule has 130 valence electrons. The molecule has 0 saturated carbocycles. The summed E-state index contributed by atoms with van der Waals surface area (Å²) in [7, 11) is 0. The molecule has 2 amide bonds. The van der Waals surface area contributed by atoms with Crippen LogP contribution in [0.4, 0.5) is 5.69 Å². The molecule has 2 aromatic carbocycles. The predicted molar refractivity (Wildman–Crippen MR) is 96.2 cm³/mol. The Bertz CT molecular complexity index is 754.